The standard InChI is InChI=1S/C25H28N4O2.ClH/c1-16-21(20-10-6-4-9-19(20)14-27-16)15-29-23-11-7-5-8-18(23)12-13-22(25(29)31)28-24(30)17(2)26-3;/h4-11,14,17,22,26H,12-13,15H2,1-3H3,(H,28,30);1H/t17-,22-;/m0./s1. The third-order valence-electron chi connectivity index (χ3n) is 6.13. The van der Waals surface area contributed by atoms with E-state index in [0.29, 0.717) is 13.0 Å². The second-order valence-electron chi connectivity index (χ2n) is 8.07. The summed E-state index contributed by atoms with van der Waals surface area (Å²) in [6.07, 6.45) is 3.17. The molecule has 168 valence electrons. The molecule has 0 spiro atoms. The number of carbonyl (C=O) groups excluding carboxylic acids is 2. The van der Waals surface area contributed by atoms with Gasteiger partial charge in [-0.3, -0.25) is 14.6 Å². The molecule has 0 bridgehead atoms. The van der Waals surface area contributed by atoms with Gasteiger partial charge in [0, 0.05) is 28.5 Å². The Bertz CT molecular complexity index is 1130. The average Bonchev–Trinajstić information content (AvgIpc) is 2.92. The van der Waals surface area contributed by atoms with E-state index in [1.54, 1.807) is 14.0 Å². The zero-order chi connectivity index (χ0) is 22.0. The largest absolute Gasteiger partial charge is 0.343 e. The lowest BCUT2D eigenvalue weighted by atomic mass is 10.0. The lowest BCUT2D eigenvalue weighted by molar-refractivity contribution is -0.128. The van der Waals surface area contributed by atoms with Gasteiger partial charge < -0.3 is 15.5 Å². The molecule has 2 N–H and O–H groups in total. The van der Waals surface area contributed by atoms with Gasteiger partial charge in [-0.2, -0.15) is 0 Å². The molecule has 1 aliphatic heterocycles. The van der Waals surface area contributed by atoms with E-state index in [0.717, 1.165) is 39.7 Å². The fraction of sp³-hybridized carbons (Fsp3) is 0.320. The van der Waals surface area contributed by atoms with E-state index in [9.17, 15) is 9.59 Å². The molecule has 1 aromatic heterocycles. The van der Waals surface area contributed by atoms with E-state index >= 15 is 0 Å². The number of aryl methyl sites for hydroxylation is 2. The first-order chi connectivity index (χ1) is 15.0. The number of aromatic nitrogens is 1. The van der Waals surface area contributed by atoms with Gasteiger partial charge in [0.1, 0.15) is 6.04 Å². The van der Waals surface area contributed by atoms with Crippen LogP contribution in [0.4, 0.5) is 5.69 Å². The van der Waals surface area contributed by atoms with E-state index in [-0.39, 0.29) is 30.3 Å². The van der Waals surface area contributed by atoms with Crippen LogP contribution in [0.25, 0.3) is 10.8 Å². The normalized spacial score (nSPS) is 16.7. The topological polar surface area (TPSA) is 74.3 Å². The number of amides is 2. The van der Waals surface area contributed by atoms with E-state index < -0.39 is 6.04 Å². The summed E-state index contributed by atoms with van der Waals surface area (Å²) in [5.41, 5.74) is 3.94. The predicted octanol–water partition coefficient (Wildman–Crippen LogP) is 3.54. The van der Waals surface area contributed by atoms with Crippen LogP contribution in [0.2, 0.25) is 0 Å². The minimum absolute atomic E-state index is 0. The average molecular weight is 453 g/mol. The first kappa shape index (κ1) is 23.7. The molecule has 3 aromatic rings. The van der Waals surface area contributed by atoms with Crippen molar-refractivity contribution in [2.75, 3.05) is 11.9 Å². The summed E-state index contributed by atoms with van der Waals surface area (Å²) >= 11 is 0. The maximum absolute atomic E-state index is 13.7. The highest BCUT2D eigenvalue weighted by Gasteiger charge is 2.32. The highest BCUT2D eigenvalue weighted by Crippen LogP contribution is 2.31. The Hall–Kier alpha value is -2.96. The highest BCUT2D eigenvalue weighted by molar-refractivity contribution is 6.01. The Labute approximate surface area is 194 Å². The molecule has 0 fully saturated rings. The molecular formula is C25H29ClN4O2. The van der Waals surface area contributed by atoms with Gasteiger partial charge in [0.2, 0.25) is 11.8 Å². The molecule has 0 saturated heterocycles. The Morgan fingerprint density at radius 3 is 2.69 bits per heavy atom. The Balaban J connectivity index is 0.00000289. The summed E-state index contributed by atoms with van der Waals surface area (Å²) < 4.78 is 0. The first-order valence-corrected chi connectivity index (χ1v) is 10.7. The van der Waals surface area contributed by atoms with E-state index in [1.807, 2.05) is 54.4 Å². The van der Waals surface area contributed by atoms with Crippen LogP contribution < -0.4 is 15.5 Å². The highest BCUT2D eigenvalue weighted by atomic mass is 35.5. The molecule has 0 unspecified atom stereocenters. The number of fused-ring (bicyclic) bond motifs is 2. The minimum Gasteiger partial charge on any atom is -0.343 e. The molecule has 1 aliphatic rings. The summed E-state index contributed by atoms with van der Waals surface area (Å²) in [5, 5.41) is 8.03. The van der Waals surface area contributed by atoms with Crippen LogP contribution in [0.5, 0.6) is 0 Å². The van der Waals surface area contributed by atoms with Gasteiger partial charge in [0.25, 0.3) is 0 Å². The maximum atomic E-state index is 13.7. The van der Waals surface area contributed by atoms with Crippen LogP contribution in [0.1, 0.15) is 30.2 Å². The molecule has 2 atom stereocenters. The number of halogens is 1. The number of nitrogens with one attached hydrogen (secondary N) is 2. The van der Waals surface area contributed by atoms with Crippen molar-refractivity contribution in [3.63, 3.8) is 0 Å². The molecule has 2 heterocycles. The molecule has 0 saturated carbocycles. The van der Waals surface area contributed by atoms with Crippen molar-refractivity contribution in [1.82, 2.24) is 15.6 Å². The number of nitrogens with zero attached hydrogens (tertiary/aromatic N) is 2. The summed E-state index contributed by atoms with van der Waals surface area (Å²) in [6.45, 7) is 4.17. The van der Waals surface area contributed by atoms with Crippen molar-refractivity contribution < 1.29 is 9.59 Å². The van der Waals surface area contributed by atoms with Gasteiger partial charge in [0.05, 0.1) is 12.6 Å². The van der Waals surface area contributed by atoms with Crippen molar-refractivity contribution in [3.8, 4) is 0 Å². The van der Waals surface area contributed by atoms with E-state index in [1.165, 1.54) is 0 Å². The molecule has 7 heteroatoms. The van der Waals surface area contributed by atoms with Crippen LogP contribution in [-0.4, -0.2) is 35.9 Å². The van der Waals surface area contributed by atoms with Gasteiger partial charge in [-0.1, -0.05) is 42.5 Å². The molecule has 0 aliphatic carbocycles. The zero-order valence-electron chi connectivity index (χ0n) is 18.6. The summed E-state index contributed by atoms with van der Waals surface area (Å²) in [4.78, 5) is 32.6. The quantitative estimate of drug-likeness (QED) is 0.621. The Morgan fingerprint density at radius 2 is 1.91 bits per heavy atom. The first-order valence-electron chi connectivity index (χ1n) is 10.7. The van der Waals surface area contributed by atoms with E-state index in [4.69, 9.17) is 0 Å². The lowest BCUT2D eigenvalue weighted by Gasteiger charge is -2.28. The third-order valence-corrected chi connectivity index (χ3v) is 6.13. The van der Waals surface area contributed by atoms with Gasteiger partial charge in [0.15, 0.2) is 0 Å². The van der Waals surface area contributed by atoms with Crippen LogP contribution in [-0.2, 0) is 22.6 Å². The number of para-hydroxylation sites is 1. The second-order valence-corrected chi connectivity index (χ2v) is 8.07. The lowest BCUT2D eigenvalue weighted by Crippen LogP contribution is -2.52. The molecule has 0 radical (unpaired) electrons. The summed E-state index contributed by atoms with van der Waals surface area (Å²) in [7, 11) is 1.73. The van der Waals surface area contributed by atoms with Gasteiger partial charge >= 0.3 is 0 Å². The molecular weight excluding hydrogens is 424 g/mol. The van der Waals surface area contributed by atoms with E-state index in [2.05, 4.69) is 27.8 Å². The Morgan fingerprint density at radius 1 is 1.19 bits per heavy atom. The van der Waals surface area contributed by atoms with Crippen molar-refractivity contribution in [2.24, 2.45) is 0 Å². The SMILES string of the molecule is CN[C@@H](C)C(=O)N[C@H]1CCc2ccccc2N(Cc2c(C)ncc3ccccc23)C1=O.Cl. The number of hydrogen-bond donors (Lipinski definition) is 2. The smallest absolute Gasteiger partial charge is 0.249 e. The second kappa shape index (κ2) is 10.1. The number of rotatable bonds is 5. The third kappa shape index (κ3) is 4.61. The van der Waals surface area contributed by atoms with Crippen LogP contribution in [0.15, 0.2) is 54.7 Å². The predicted molar refractivity (Wildman–Crippen MR) is 130 cm³/mol. The molecule has 32 heavy (non-hydrogen) atoms. The number of anilines is 1. The number of hydrogen-bond acceptors (Lipinski definition) is 4. The summed E-state index contributed by atoms with van der Waals surface area (Å²) in [5.74, 6) is -0.260. The number of benzene rings is 2. The van der Waals surface area contributed by atoms with Crippen molar-refractivity contribution in [2.45, 2.75) is 45.3 Å². The number of likely N-dealkylation sites (N-methyl/N-ethyl adjacent to an activating group) is 1. The van der Waals surface area contributed by atoms with Crippen LogP contribution in [0.3, 0.4) is 0 Å². The monoisotopic (exact) mass is 452 g/mol. The molecule has 2 amide bonds. The summed E-state index contributed by atoms with van der Waals surface area (Å²) in [6, 6.07) is 15.2. The fourth-order valence-corrected chi connectivity index (χ4v) is 4.12. The molecule has 4 rings (SSSR count). The molecule has 2 aromatic carbocycles. The molecule has 6 nitrogen and oxygen atoms in total. The number of pyridine rings is 1. The Kier molecular flexibility index (Phi) is 7.48. The van der Waals surface area contributed by atoms with Crippen LogP contribution in [0, 0.1) is 6.92 Å². The zero-order valence-corrected chi connectivity index (χ0v) is 19.4. The maximum Gasteiger partial charge on any atom is 0.249 e. The van der Waals surface area contributed by atoms with Gasteiger partial charge in [-0.15, -0.1) is 12.4 Å². The van der Waals surface area contributed by atoms with Crippen molar-refractivity contribution in [3.05, 3.63) is 71.5 Å². The fourth-order valence-electron chi connectivity index (χ4n) is 4.12. The number of carbonyl (C=O) groups is 2. The van der Waals surface area contributed by atoms with Gasteiger partial charge in [-0.25, -0.2) is 0 Å². The minimum atomic E-state index is -0.570. The van der Waals surface area contributed by atoms with Crippen LogP contribution >= 0.6 is 12.4 Å². The van der Waals surface area contributed by atoms with Gasteiger partial charge in [-0.05, 0) is 50.8 Å². The van der Waals surface area contributed by atoms with Crippen molar-refractivity contribution in [1.29, 1.82) is 0 Å². The van der Waals surface area contributed by atoms with Crippen molar-refractivity contribution >= 4 is 40.7 Å².